The van der Waals surface area contributed by atoms with Crippen molar-refractivity contribution in [3.8, 4) is 16.9 Å². The maximum absolute atomic E-state index is 13.0. The number of carbonyl (C=O) groups excluding carboxylic acids is 1. The van der Waals surface area contributed by atoms with Crippen molar-refractivity contribution in [2.24, 2.45) is 0 Å². The zero-order chi connectivity index (χ0) is 26.9. The van der Waals surface area contributed by atoms with Gasteiger partial charge in [-0.3, -0.25) is 4.79 Å². The van der Waals surface area contributed by atoms with Gasteiger partial charge in [-0.25, -0.2) is 0 Å². The number of hydrogen-bond acceptors (Lipinski definition) is 4. The number of rotatable bonds is 6. The van der Waals surface area contributed by atoms with Gasteiger partial charge < -0.3 is 20.3 Å². The summed E-state index contributed by atoms with van der Waals surface area (Å²) in [5.41, 5.74) is 4.93. The van der Waals surface area contributed by atoms with Gasteiger partial charge in [-0.15, -0.1) is 13.2 Å². The van der Waals surface area contributed by atoms with Crippen LogP contribution in [0.2, 0.25) is 0 Å². The minimum atomic E-state index is -4.80. The summed E-state index contributed by atoms with van der Waals surface area (Å²) in [6.45, 7) is 3.48. The van der Waals surface area contributed by atoms with Gasteiger partial charge >= 0.3 is 6.36 Å². The van der Waals surface area contributed by atoms with Gasteiger partial charge in [0, 0.05) is 30.4 Å². The number of halogens is 3. The van der Waals surface area contributed by atoms with E-state index in [4.69, 9.17) is 0 Å². The van der Waals surface area contributed by atoms with Crippen molar-refractivity contribution in [2.45, 2.75) is 70.4 Å². The maximum Gasteiger partial charge on any atom is 0.573 e. The van der Waals surface area contributed by atoms with Gasteiger partial charge in [0.05, 0.1) is 11.7 Å². The SMILES string of the molecule is CC(=O)N1c2ccc(-c3cccc(NC4CCCC4)c3)cc2[C@H](Nc2ccccc2OC(F)(F)F)C[C@@H]1C. The van der Waals surface area contributed by atoms with Crippen LogP contribution in [0.1, 0.15) is 57.6 Å². The Kier molecular flexibility index (Phi) is 7.23. The molecular formula is C30H32F3N3O2. The monoisotopic (exact) mass is 523 g/mol. The van der Waals surface area contributed by atoms with E-state index in [9.17, 15) is 18.0 Å². The summed E-state index contributed by atoms with van der Waals surface area (Å²) in [7, 11) is 0. The summed E-state index contributed by atoms with van der Waals surface area (Å²) < 4.78 is 43.4. The lowest BCUT2D eigenvalue weighted by Gasteiger charge is -2.40. The molecule has 3 aromatic rings. The lowest BCUT2D eigenvalue weighted by atomic mass is 9.88. The molecule has 2 N–H and O–H groups in total. The highest BCUT2D eigenvalue weighted by Crippen LogP contribution is 2.43. The first kappa shape index (κ1) is 25.9. The minimum Gasteiger partial charge on any atom is -0.404 e. The molecule has 0 bridgehead atoms. The van der Waals surface area contributed by atoms with E-state index < -0.39 is 6.36 Å². The van der Waals surface area contributed by atoms with E-state index in [1.54, 1.807) is 17.0 Å². The van der Waals surface area contributed by atoms with Gasteiger partial charge in [0.25, 0.3) is 0 Å². The molecule has 0 saturated heterocycles. The summed E-state index contributed by atoms with van der Waals surface area (Å²) in [6, 6.07) is 20.3. The van der Waals surface area contributed by atoms with Crippen LogP contribution in [0.3, 0.4) is 0 Å². The molecule has 3 aromatic carbocycles. The molecule has 1 aliphatic carbocycles. The van der Waals surface area contributed by atoms with Gasteiger partial charge in [-0.2, -0.15) is 0 Å². The Bertz CT molecular complexity index is 1300. The fraction of sp³-hybridized carbons (Fsp3) is 0.367. The summed E-state index contributed by atoms with van der Waals surface area (Å²) in [5, 5.41) is 6.92. The molecule has 2 atom stereocenters. The number of benzene rings is 3. The molecule has 1 amide bonds. The van der Waals surface area contributed by atoms with Gasteiger partial charge in [-0.1, -0.05) is 43.2 Å². The van der Waals surface area contributed by atoms with E-state index in [2.05, 4.69) is 27.5 Å². The molecule has 1 fully saturated rings. The molecule has 38 heavy (non-hydrogen) atoms. The highest BCUT2D eigenvalue weighted by atomic mass is 19.4. The number of ether oxygens (including phenoxy) is 1. The number of carbonyl (C=O) groups is 1. The Hall–Kier alpha value is -3.68. The van der Waals surface area contributed by atoms with Crippen molar-refractivity contribution in [1.82, 2.24) is 0 Å². The summed E-state index contributed by atoms with van der Waals surface area (Å²) >= 11 is 0. The first-order chi connectivity index (χ1) is 18.2. The molecule has 1 heterocycles. The van der Waals surface area contributed by atoms with Crippen molar-refractivity contribution >= 4 is 23.0 Å². The molecule has 5 nitrogen and oxygen atoms in total. The van der Waals surface area contributed by atoms with Gasteiger partial charge in [0.15, 0.2) is 5.75 Å². The van der Waals surface area contributed by atoms with Crippen LogP contribution in [-0.4, -0.2) is 24.4 Å². The van der Waals surface area contributed by atoms with E-state index in [0.29, 0.717) is 12.5 Å². The van der Waals surface area contributed by atoms with Crippen LogP contribution in [0, 0.1) is 0 Å². The Balaban J connectivity index is 1.50. The number of fused-ring (bicyclic) bond motifs is 1. The molecule has 200 valence electrons. The molecule has 2 aliphatic rings. The van der Waals surface area contributed by atoms with Crippen molar-refractivity contribution in [1.29, 1.82) is 0 Å². The first-order valence-electron chi connectivity index (χ1n) is 13.1. The van der Waals surface area contributed by atoms with Crippen molar-refractivity contribution in [3.05, 3.63) is 72.3 Å². The smallest absolute Gasteiger partial charge is 0.404 e. The van der Waals surface area contributed by atoms with Crippen LogP contribution in [0.4, 0.5) is 30.2 Å². The first-order valence-corrected chi connectivity index (χ1v) is 13.1. The standard InChI is InChI=1S/C30H32F3N3O2/c1-19-16-27(35-26-12-5-6-13-29(26)38-30(31,32)33)25-18-22(14-15-28(25)36(19)20(2)37)21-8-7-11-24(17-21)34-23-9-3-4-10-23/h5-8,11-15,17-19,23,27,34-35H,3-4,9-10,16H2,1-2H3/t19-,27+/m0/s1. The molecule has 0 radical (unpaired) electrons. The topological polar surface area (TPSA) is 53.6 Å². The van der Waals surface area contributed by atoms with E-state index in [-0.39, 0.29) is 29.4 Å². The number of hydrogen-bond donors (Lipinski definition) is 2. The Morgan fingerprint density at radius 3 is 2.42 bits per heavy atom. The fourth-order valence-electron chi connectivity index (χ4n) is 5.74. The molecule has 8 heteroatoms. The largest absolute Gasteiger partial charge is 0.573 e. The predicted octanol–water partition coefficient (Wildman–Crippen LogP) is 7.91. The number of nitrogens with zero attached hydrogens (tertiary/aromatic N) is 1. The summed E-state index contributed by atoms with van der Waals surface area (Å²) in [4.78, 5) is 14.3. The van der Waals surface area contributed by atoms with Crippen LogP contribution in [0.5, 0.6) is 5.75 Å². The molecule has 0 aromatic heterocycles. The second-order valence-corrected chi connectivity index (χ2v) is 10.2. The third kappa shape index (κ3) is 5.74. The van der Waals surface area contributed by atoms with Crippen molar-refractivity contribution in [2.75, 3.05) is 15.5 Å². The zero-order valence-corrected chi connectivity index (χ0v) is 21.5. The third-order valence-corrected chi connectivity index (χ3v) is 7.38. The van der Waals surface area contributed by atoms with Crippen molar-refractivity contribution in [3.63, 3.8) is 0 Å². The Morgan fingerprint density at radius 1 is 0.947 bits per heavy atom. The molecule has 0 unspecified atom stereocenters. The van der Waals surface area contributed by atoms with Gasteiger partial charge in [0.1, 0.15) is 0 Å². The predicted molar refractivity (Wildman–Crippen MR) is 144 cm³/mol. The Labute approximate surface area is 221 Å². The molecule has 5 rings (SSSR count). The minimum absolute atomic E-state index is 0.0754. The molecule has 1 saturated carbocycles. The van der Waals surface area contributed by atoms with Crippen LogP contribution < -0.4 is 20.3 Å². The van der Waals surface area contributed by atoms with Crippen LogP contribution in [0.15, 0.2) is 66.7 Å². The second kappa shape index (κ2) is 10.6. The third-order valence-electron chi connectivity index (χ3n) is 7.38. The number of anilines is 3. The second-order valence-electron chi connectivity index (χ2n) is 10.2. The van der Waals surface area contributed by atoms with Crippen LogP contribution in [0.25, 0.3) is 11.1 Å². The average molecular weight is 524 g/mol. The fourth-order valence-corrected chi connectivity index (χ4v) is 5.74. The number of nitrogens with one attached hydrogen (secondary N) is 2. The molecule has 1 aliphatic heterocycles. The lowest BCUT2D eigenvalue weighted by molar-refractivity contribution is -0.274. The van der Waals surface area contributed by atoms with E-state index >= 15 is 0 Å². The highest BCUT2D eigenvalue weighted by molar-refractivity contribution is 5.94. The van der Waals surface area contributed by atoms with Crippen molar-refractivity contribution < 1.29 is 22.7 Å². The maximum atomic E-state index is 13.0. The number of alkyl halides is 3. The molecule has 0 spiro atoms. The quantitative estimate of drug-likeness (QED) is 0.345. The number of amides is 1. The summed E-state index contributed by atoms with van der Waals surface area (Å²) in [6.07, 6.45) is 0.576. The van der Waals surface area contributed by atoms with E-state index in [0.717, 1.165) is 28.1 Å². The Morgan fingerprint density at radius 2 is 1.68 bits per heavy atom. The van der Waals surface area contributed by atoms with Gasteiger partial charge in [-0.05, 0) is 79.3 Å². The van der Waals surface area contributed by atoms with Crippen LogP contribution >= 0.6 is 0 Å². The van der Waals surface area contributed by atoms with E-state index in [1.807, 2.05) is 37.3 Å². The number of para-hydroxylation sites is 2. The van der Waals surface area contributed by atoms with Crippen LogP contribution in [-0.2, 0) is 4.79 Å². The normalized spacial score (nSPS) is 19.7. The lowest BCUT2D eigenvalue weighted by Crippen LogP contribution is -2.43. The zero-order valence-electron chi connectivity index (χ0n) is 21.5. The summed E-state index contributed by atoms with van der Waals surface area (Å²) in [5.74, 6) is -0.362. The van der Waals surface area contributed by atoms with E-state index in [1.165, 1.54) is 44.7 Å². The highest BCUT2D eigenvalue weighted by Gasteiger charge is 2.35. The molecular weight excluding hydrogens is 491 g/mol. The average Bonchev–Trinajstić information content (AvgIpc) is 3.37. The van der Waals surface area contributed by atoms with Gasteiger partial charge in [0.2, 0.25) is 5.91 Å².